The van der Waals surface area contributed by atoms with E-state index in [1.165, 1.54) is 5.56 Å². The van der Waals surface area contributed by atoms with Crippen LogP contribution in [0, 0.1) is 0 Å². The third kappa shape index (κ3) is 2.01. The zero-order valence-electron chi connectivity index (χ0n) is 11.3. The summed E-state index contributed by atoms with van der Waals surface area (Å²) in [5, 5.41) is -0.178. The molecule has 104 valence electrons. The zero-order chi connectivity index (χ0) is 14.2. The molecule has 3 heteroatoms. The van der Waals surface area contributed by atoms with Gasteiger partial charge in [-0.2, -0.15) is 0 Å². The Morgan fingerprint density at radius 2 is 1.75 bits per heavy atom. The average molecular weight is 307 g/mol. The highest BCUT2D eigenvalue weighted by atomic mass is 35.5. The Labute approximate surface area is 129 Å². The van der Waals surface area contributed by atoms with Crippen LogP contribution in [0.3, 0.4) is 0 Å². The minimum atomic E-state index is -0.718. The van der Waals surface area contributed by atoms with E-state index in [2.05, 4.69) is 12.1 Å². The molecule has 1 nitrogen and oxygen atoms in total. The molecule has 2 atom stereocenters. The Bertz CT molecular complexity index is 626. The van der Waals surface area contributed by atoms with Crippen LogP contribution >= 0.6 is 23.2 Å². The predicted molar refractivity (Wildman–Crippen MR) is 84.0 cm³/mol. The first kappa shape index (κ1) is 13.8. The minimum Gasteiger partial charge on any atom is -0.494 e. The smallest absolute Gasteiger partial charge is 0.124 e. The van der Waals surface area contributed by atoms with Gasteiger partial charge in [0.15, 0.2) is 0 Å². The maximum absolute atomic E-state index is 7.01. The van der Waals surface area contributed by atoms with Crippen molar-refractivity contribution in [3.05, 3.63) is 65.2 Å². The van der Waals surface area contributed by atoms with Gasteiger partial charge < -0.3 is 4.74 Å². The quantitative estimate of drug-likeness (QED) is 0.745. The van der Waals surface area contributed by atoms with Crippen molar-refractivity contribution in [3.63, 3.8) is 0 Å². The molecule has 0 fully saturated rings. The second-order valence-corrected chi connectivity index (χ2v) is 6.09. The Morgan fingerprint density at radius 3 is 2.50 bits per heavy atom. The maximum atomic E-state index is 7.01. The lowest BCUT2D eigenvalue weighted by Crippen LogP contribution is -2.28. The molecular weight excluding hydrogens is 291 g/mol. The van der Waals surface area contributed by atoms with E-state index in [1.807, 2.05) is 43.3 Å². The van der Waals surface area contributed by atoms with E-state index in [0.717, 1.165) is 23.3 Å². The number of halogens is 2. The highest BCUT2D eigenvalue weighted by Gasteiger charge is 2.47. The highest BCUT2D eigenvalue weighted by molar-refractivity contribution is 6.35. The molecule has 0 saturated heterocycles. The fourth-order valence-electron chi connectivity index (χ4n) is 2.92. The normalized spacial score (nSPS) is 24.4. The number of hydrogen-bond donors (Lipinski definition) is 0. The summed E-state index contributed by atoms with van der Waals surface area (Å²) in [5.41, 5.74) is 3.26. The van der Waals surface area contributed by atoms with Crippen LogP contribution in [0.2, 0.25) is 0 Å². The molecule has 0 spiro atoms. The average Bonchev–Trinajstić information content (AvgIpc) is 2.73. The lowest BCUT2D eigenvalue weighted by Gasteiger charge is -2.29. The first-order valence-corrected chi connectivity index (χ1v) is 7.63. The lowest BCUT2D eigenvalue weighted by molar-refractivity contribution is 0.334. The standard InChI is InChI=1S/C17H16Cl2O/c1-2-20-15-10-6-5-9-14(15)17(19)13-8-4-3-7-12(13)11-16(17)18/h3-10,16H,2,11H2,1H3. The van der Waals surface area contributed by atoms with Gasteiger partial charge in [-0.05, 0) is 30.5 Å². The number of para-hydroxylation sites is 1. The van der Waals surface area contributed by atoms with Crippen LogP contribution in [-0.2, 0) is 11.3 Å². The van der Waals surface area contributed by atoms with Crippen molar-refractivity contribution in [1.82, 2.24) is 0 Å². The Morgan fingerprint density at radius 1 is 1.10 bits per heavy atom. The van der Waals surface area contributed by atoms with Crippen molar-refractivity contribution < 1.29 is 4.74 Å². The molecule has 1 aliphatic carbocycles. The van der Waals surface area contributed by atoms with E-state index < -0.39 is 4.87 Å². The number of rotatable bonds is 3. The SMILES string of the molecule is CCOc1ccccc1C1(Cl)c2ccccc2CC1Cl. The molecule has 0 N–H and O–H groups in total. The topological polar surface area (TPSA) is 9.23 Å². The monoisotopic (exact) mass is 306 g/mol. The number of fused-ring (bicyclic) bond motifs is 1. The third-order valence-electron chi connectivity index (χ3n) is 3.82. The van der Waals surface area contributed by atoms with Gasteiger partial charge in [0.2, 0.25) is 0 Å². The van der Waals surface area contributed by atoms with Crippen LogP contribution in [0.4, 0.5) is 0 Å². The summed E-state index contributed by atoms with van der Waals surface area (Å²) in [6, 6.07) is 16.1. The summed E-state index contributed by atoms with van der Waals surface area (Å²) in [4.78, 5) is -0.718. The molecule has 0 radical (unpaired) electrons. The Balaban J connectivity index is 2.18. The van der Waals surface area contributed by atoms with Crippen LogP contribution in [0.5, 0.6) is 5.75 Å². The van der Waals surface area contributed by atoms with Crippen molar-refractivity contribution in [1.29, 1.82) is 0 Å². The Kier molecular flexibility index (Phi) is 3.66. The van der Waals surface area contributed by atoms with Gasteiger partial charge in [-0.3, -0.25) is 0 Å². The molecular formula is C17H16Cl2O. The van der Waals surface area contributed by atoms with Gasteiger partial charge in [0.25, 0.3) is 0 Å². The molecule has 2 aromatic rings. The number of alkyl halides is 2. The molecule has 1 aliphatic rings. The van der Waals surface area contributed by atoms with Gasteiger partial charge in [0.05, 0.1) is 12.0 Å². The van der Waals surface area contributed by atoms with E-state index in [9.17, 15) is 0 Å². The largest absolute Gasteiger partial charge is 0.494 e. The first-order chi connectivity index (χ1) is 9.67. The first-order valence-electron chi connectivity index (χ1n) is 6.81. The van der Waals surface area contributed by atoms with Gasteiger partial charge in [-0.1, -0.05) is 42.5 Å². The Hall–Kier alpha value is -1.18. The van der Waals surface area contributed by atoms with Crippen molar-refractivity contribution in [3.8, 4) is 5.75 Å². The molecule has 20 heavy (non-hydrogen) atoms. The van der Waals surface area contributed by atoms with Crippen molar-refractivity contribution in [2.24, 2.45) is 0 Å². The van der Waals surface area contributed by atoms with E-state index >= 15 is 0 Å². The molecule has 2 aromatic carbocycles. The van der Waals surface area contributed by atoms with Gasteiger partial charge in [0.1, 0.15) is 10.6 Å². The van der Waals surface area contributed by atoms with Gasteiger partial charge in [-0.15, -0.1) is 23.2 Å². The van der Waals surface area contributed by atoms with Crippen LogP contribution in [0.1, 0.15) is 23.6 Å². The van der Waals surface area contributed by atoms with Gasteiger partial charge in [0, 0.05) is 5.56 Å². The van der Waals surface area contributed by atoms with E-state index in [4.69, 9.17) is 27.9 Å². The predicted octanol–water partition coefficient (Wildman–Crippen LogP) is 4.73. The van der Waals surface area contributed by atoms with Crippen molar-refractivity contribution >= 4 is 23.2 Å². The number of ether oxygens (including phenoxy) is 1. The molecule has 0 amide bonds. The summed E-state index contributed by atoms with van der Waals surface area (Å²) in [5.74, 6) is 0.812. The van der Waals surface area contributed by atoms with E-state index in [1.54, 1.807) is 0 Å². The van der Waals surface area contributed by atoms with Crippen LogP contribution in [0.15, 0.2) is 48.5 Å². The molecule has 0 saturated carbocycles. The fraction of sp³-hybridized carbons (Fsp3) is 0.294. The van der Waals surface area contributed by atoms with E-state index in [-0.39, 0.29) is 5.38 Å². The van der Waals surface area contributed by atoms with Gasteiger partial charge in [-0.25, -0.2) is 0 Å². The van der Waals surface area contributed by atoms with E-state index in [0.29, 0.717) is 6.61 Å². The minimum absolute atomic E-state index is 0.178. The zero-order valence-corrected chi connectivity index (χ0v) is 12.8. The molecule has 3 rings (SSSR count). The molecule has 0 bridgehead atoms. The lowest BCUT2D eigenvalue weighted by atomic mass is 9.91. The fourth-order valence-corrected chi connectivity index (χ4v) is 3.74. The van der Waals surface area contributed by atoms with Crippen LogP contribution in [-0.4, -0.2) is 12.0 Å². The van der Waals surface area contributed by atoms with Crippen molar-refractivity contribution in [2.75, 3.05) is 6.61 Å². The van der Waals surface area contributed by atoms with Gasteiger partial charge >= 0.3 is 0 Å². The van der Waals surface area contributed by atoms with Crippen LogP contribution in [0.25, 0.3) is 0 Å². The molecule has 0 heterocycles. The third-order valence-corrected chi connectivity index (χ3v) is 5.08. The summed E-state index contributed by atoms with van der Waals surface area (Å²) >= 11 is 13.6. The molecule has 0 aromatic heterocycles. The maximum Gasteiger partial charge on any atom is 0.124 e. The summed E-state index contributed by atoms with van der Waals surface area (Å²) < 4.78 is 5.73. The second kappa shape index (κ2) is 5.31. The summed E-state index contributed by atoms with van der Waals surface area (Å²) in [7, 11) is 0. The summed E-state index contributed by atoms with van der Waals surface area (Å²) in [6.45, 7) is 2.58. The van der Waals surface area contributed by atoms with Crippen molar-refractivity contribution in [2.45, 2.75) is 23.6 Å². The highest BCUT2D eigenvalue weighted by Crippen LogP contribution is 2.52. The molecule has 2 unspecified atom stereocenters. The number of benzene rings is 2. The second-order valence-electron chi connectivity index (χ2n) is 4.97. The van der Waals surface area contributed by atoms with Crippen LogP contribution < -0.4 is 4.74 Å². The summed E-state index contributed by atoms with van der Waals surface area (Å²) in [6.07, 6.45) is 0.779. The molecule has 0 aliphatic heterocycles. The number of hydrogen-bond acceptors (Lipinski definition) is 1.